The van der Waals surface area contributed by atoms with Gasteiger partial charge in [0.25, 0.3) is 0 Å². The molecule has 9 heteroatoms. The van der Waals surface area contributed by atoms with Crippen molar-refractivity contribution in [2.45, 2.75) is 71.4 Å². The van der Waals surface area contributed by atoms with Crippen LogP contribution in [0.2, 0.25) is 0 Å². The summed E-state index contributed by atoms with van der Waals surface area (Å²) < 4.78 is 0. The van der Waals surface area contributed by atoms with Crippen LogP contribution in [0.5, 0.6) is 5.75 Å². The number of phenolic OH excluding ortho intramolecular Hbond substituents is 1. The number of piperazine rings is 1. The Morgan fingerprint density at radius 2 is 1.73 bits per heavy atom. The average molecular weight is 549 g/mol. The highest BCUT2D eigenvalue weighted by molar-refractivity contribution is 5.69. The summed E-state index contributed by atoms with van der Waals surface area (Å²) in [5.74, 6) is 7.40. The molecule has 2 aromatic rings. The van der Waals surface area contributed by atoms with Crippen LogP contribution in [-0.4, -0.2) is 58.7 Å². The fourth-order valence-electron chi connectivity index (χ4n) is 4.61. The van der Waals surface area contributed by atoms with Crippen molar-refractivity contribution in [1.29, 1.82) is 0 Å². The van der Waals surface area contributed by atoms with Crippen molar-refractivity contribution in [3.05, 3.63) is 71.2 Å². The molecule has 2 unspecified atom stereocenters. The molecule has 2 aliphatic heterocycles. The maximum absolute atomic E-state index is 9.91. The van der Waals surface area contributed by atoms with Crippen LogP contribution in [0.4, 0.5) is 0 Å². The first-order chi connectivity index (χ1) is 19.4. The van der Waals surface area contributed by atoms with Gasteiger partial charge in [0.1, 0.15) is 17.4 Å². The maximum Gasteiger partial charge on any atom is 0.125 e. The first-order valence-corrected chi connectivity index (χ1v) is 14.3. The van der Waals surface area contributed by atoms with E-state index in [1.165, 1.54) is 32.1 Å². The molecule has 2 bridgehead atoms. The lowest BCUT2D eigenvalue weighted by molar-refractivity contribution is 0.247. The molecule has 0 aliphatic carbocycles. The lowest BCUT2D eigenvalue weighted by Crippen LogP contribution is -2.51. The number of phenols is 1. The molecule has 2 atom stereocenters. The Bertz CT molecular complexity index is 1130. The molecule has 2 fully saturated rings. The van der Waals surface area contributed by atoms with Gasteiger partial charge in [0.05, 0.1) is 11.3 Å². The second-order valence-electron chi connectivity index (χ2n) is 9.74. The van der Waals surface area contributed by atoms with E-state index < -0.39 is 0 Å². The Balaban J connectivity index is 0.000000277. The number of aromatic hydroxyl groups is 1. The summed E-state index contributed by atoms with van der Waals surface area (Å²) >= 11 is 0. The van der Waals surface area contributed by atoms with Gasteiger partial charge in [-0.05, 0) is 64.4 Å². The second-order valence-corrected chi connectivity index (χ2v) is 9.74. The molecule has 1 aromatic heterocycles. The minimum atomic E-state index is 0.145. The molecule has 0 spiro atoms. The number of aryl methyl sites for hydroxylation is 1. The number of aromatic nitrogens is 2. The first kappa shape index (κ1) is 32.5. The van der Waals surface area contributed by atoms with Crippen LogP contribution in [0, 0.1) is 18.8 Å². The van der Waals surface area contributed by atoms with E-state index in [1.54, 1.807) is 36.7 Å². The molecule has 40 heavy (non-hydrogen) atoms. The van der Waals surface area contributed by atoms with Crippen molar-refractivity contribution in [1.82, 2.24) is 25.5 Å². The third-order valence-electron chi connectivity index (χ3n) is 6.60. The molecule has 0 saturated carbocycles. The third-order valence-corrected chi connectivity index (χ3v) is 6.60. The number of likely N-dealkylation sites (tertiary alicyclic amines) is 1. The van der Waals surface area contributed by atoms with Gasteiger partial charge in [-0.15, -0.1) is 0 Å². The Morgan fingerprint density at radius 1 is 1.07 bits per heavy atom. The Hall–Kier alpha value is -3.74. The summed E-state index contributed by atoms with van der Waals surface area (Å²) in [6.07, 6.45) is 12.3. The lowest BCUT2D eigenvalue weighted by Gasteiger charge is -2.35. The summed E-state index contributed by atoms with van der Waals surface area (Å²) in [5.41, 5.74) is 20.6. The SMILES string of the molecule is CC.CNCCCCCC#Cc1cnc(C)nc1.NC(N)=C(/C=C(\N)c1ccccc1O)N1CC2CCC(C1)N2. The van der Waals surface area contributed by atoms with Crippen LogP contribution in [-0.2, 0) is 0 Å². The fourth-order valence-corrected chi connectivity index (χ4v) is 4.61. The van der Waals surface area contributed by atoms with Crippen LogP contribution in [0.15, 0.2) is 54.3 Å². The number of nitrogens with two attached hydrogens (primary N) is 3. The summed E-state index contributed by atoms with van der Waals surface area (Å²) in [4.78, 5) is 10.4. The molecular weight excluding hydrogens is 500 g/mol. The molecule has 1 aromatic carbocycles. The van der Waals surface area contributed by atoms with Crippen LogP contribution in [0.3, 0.4) is 0 Å². The number of nitrogens with zero attached hydrogens (tertiary/aromatic N) is 3. The van der Waals surface area contributed by atoms with E-state index in [4.69, 9.17) is 17.2 Å². The van der Waals surface area contributed by atoms with Gasteiger partial charge in [0.2, 0.25) is 0 Å². The number of benzene rings is 1. The van der Waals surface area contributed by atoms with E-state index in [-0.39, 0.29) is 11.6 Å². The highest BCUT2D eigenvalue weighted by atomic mass is 16.3. The number of allylic oxidation sites excluding steroid dienone is 1. The number of hydrogen-bond donors (Lipinski definition) is 6. The molecule has 0 radical (unpaired) electrons. The molecule has 218 valence electrons. The molecule has 3 heterocycles. The number of nitrogens with one attached hydrogen (secondary N) is 2. The van der Waals surface area contributed by atoms with Gasteiger partial charge in [-0.25, -0.2) is 9.97 Å². The topological polar surface area (TPSA) is 151 Å². The quantitative estimate of drug-likeness (QED) is 0.166. The Kier molecular flexibility index (Phi) is 14.4. The number of fused-ring (bicyclic) bond motifs is 2. The van der Waals surface area contributed by atoms with Crippen LogP contribution in [0.1, 0.15) is 69.3 Å². The van der Waals surface area contributed by atoms with Crippen molar-refractivity contribution in [3.8, 4) is 17.6 Å². The van der Waals surface area contributed by atoms with E-state index in [1.807, 2.05) is 33.9 Å². The number of unbranched alkanes of at least 4 members (excludes halogenated alkanes) is 3. The van der Waals surface area contributed by atoms with Crippen molar-refractivity contribution in [2.24, 2.45) is 17.2 Å². The zero-order chi connectivity index (χ0) is 29.3. The van der Waals surface area contributed by atoms with E-state index in [9.17, 15) is 5.11 Å². The molecule has 0 amide bonds. The van der Waals surface area contributed by atoms with Gasteiger partial charge in [0, 0.05) is 55.2 Å². The second kappa shape index (κ2) is 17.8. The van der Waals surface area contributed by atoms with Gasteiger partial charge in [-0.3, -0.25) is 0 Å². The van der Waals surface area contributed by atoms with Crippen molar-refractivity contribution in [2.75, 3.05) is 26.7 Å². The largest absolute Gasteiger partial charge is 0.507 e. The van der Waals surface area contributed by atoms with E-state index >= 15 is 0 Å². The highest BCUT2D eigenvalue weighted by Gasteiger charge is 2.33. The summed E-state index contributed by atoms with van der Waals surface area (Å²) in [6, 6.07) is 7.92. The van der Waals surface area contributed by atoms with Gasteiger partial charge in [-0.1, -0.05) is 44.2 Å². The number of hydrogen-bond acceptors (Lipinski definition) is 9. The predicted octanol–water partition coefficient (Wildman–Crippen LogP) is 3.16. The predicted molar refractivity (Wildman–Crippen MR) is 165 cm³/mol. The fraction of sp³-hybridized carbons (Fsp3) is 0.484. The zero-order valence-electron chi connectivity index (χ0n) is 24.6. The zero-order valence-corrected chi connectivity index (χ0v) is 24.6. The van der Waals surface area contributed by atoms with Crippen molar-refractivity contribution < 1.29 is 5.11 Å². The Labute approximate surface area is 240 Å². The molecule has 9 N–H and O–H groups in total. The monoisotopic (exact) mass is 548 g/mol. The molecule has 2 aliphatic rings. The molecule has 9 nitrogen and oxygen atoms in total. The lowest BCUT2D eigenvalue weighted by atomic mass is 10.1. The summed E-state index contributed by atoms with van der Waals surface area (Å²) in [6.45, 7) is 8.71. The van der Waals surface area contributed by atoms with Crippen LogP contribution in [0.25, 0.3) is 5.70 Å². The average Bonchev–Trinajstić information content (AvgIpc) is 3.30. The van der Waals surface area contributed by atoms with Gasteiger partial charge >= 0.3 is 0 Å². The minimum Gasteiger partial charge on any atom is -0.507 e. The third kappa shape index (κ3) is 10.8. The first-order valence-electron chi connectivity index (χ1n) is 14.3. The van der Waals surface area contributed by atoms with Gasteiger partial charge < -0.3 is 37.8 Å². The highest BCUT2D eigenvalue weighted by Crippen LogP contribution is 2.26. The molecular formula is C31H48N8O. The summed E-state index contributed by atoms with van der Waals surface area (Å²) in [7, 11) is 1.98. The molecule has 2 saturated heterocycles. The van der Waals surface area contributed by atoms with Gasteiger partial charge in [0.15, 0.2) is 0 Å². The van der Waals surface area contributed by atoms with Crippen molar-refractivity contribution in [3.63, 3.8) is 0 Å². The smallest absolute Gasteiger partial charge is 0.125 e. The number of para-hydroxylation sites is 1. The van der Waals surface area contributed by atoms with E-state index in [0.717, 1.165) is 43.1 Å². The maximum atomic E-state index is 9.91. The minimum absolute atomic E-state index is 0.145. The van der Waals surface area contributed by atoms with E-state index in [2.05, 4.69) is 37.3 Å². The summed E-state index contributed by atoms with van der Waals surface area (Å²) in [5, 5.41) is 16.6. The van der Waals surface area contributed by atoms with E-state index in [0.29, 0.717) is 23.3 Å². The number of rotatable bonds is 8. The molecule has 4 rings (SSSR count). The van der Waals surface area contributed by atoms with Crippen LogP contribution < -0.4 is 27.8 Å². The normalized spacial score (nSPS) is 17.4. The Morgan fingerprint density at radius 3 is 2.33 bits per heavy atom. The van der Waals surface area contributed by atoms with Crippen molar-refractivity contribution >= 4 is 5.70 Å². The van der Waals surface area contributed by atoms with Crippen LogP contribution >= 0.6 is 0 Å². The van der Waals surface area contributed by atoms with Gasteiger partial charge in [-0.2, -0.15) is 0 Å². The standard InChI is InChI=1S/C16H23N5O.C13H19N3.C2H6/c17-13(12-3-1-2-4-15(12)22)7-14(16(18)19)21-8-10-5-6-11(9-21)20-10;1-12-15-10-13(11-16-12)8-6-4-3-5-7-9-14-2;1-2/h1-4,7,10-11,20,22H,5-6,8-9,17-19H2;10-11,14H,3-5,7,9H2,1-2H3;1-2H3/b13-7-;;.